The minimum Gasteiger partial charge on any atom is -0.469 e. The molecule has 0 aromatic carbocycles. The average Bonchev–Trinajstić information content (AvgIpc) is 3.66. The first-order valence-electron chi connectivity index (χ1n) is 11.4. The molecular formula is C25H38N7O7+3. The van der Waals surface area contributed by atoms with E-state index in [0.717, 1.165) is 18.2 Å². The van der Waals surface area contributed by atoms with Crippen LogP contribution in [0.1, 0.15) is 22.9 Å². The van der Waals surface area contributed by atoms with Crippen LogP contribution in [0.25, 0.3) is 0 Å². The number of aliphatic hydroxyl groups excluding tert-OH is 1. The van der Waals surface area contributed by atoms with Gasteiger partial charge in [0.05, 0.1) is 25.9 Å². The van der Waals surface area contributed by atoms with E-state index in [-0.39, 0.29) is 23.6 Å². The molecule has 212 valence electrons. The summed E-state index contributed by atoms with van der Waals surface area (Å²) in [5.41, 5.74) is 5.46. The Labute approximate surface area is 225 Å². The Balaban J connectivity index is 0.000000642. The summed E-state index contributed by atoms with van der Waals surface area (Å²) in [4.78, 5) is 30.5. The van der Waals surface area contributed by atoms with Crippen molar-refractivity contribution in [2.24, 2.45) is 11.7 Å². The monoisotopic (exact) mass is 548 g/mol. The number of ketones is 1. The summed E-state index contributed by atoms with van der Waals surface area (Å²) in [5, 5.41) is 7.00. The first-order valence-corrected chi connectivity index (χ1v) is 11.4. The topological polar surface area (TPSA) is 235 Å². The lowest BCUT2D eigenvalue weighted by molar-refractivity contribution is -0.691. The van der Waals surface area contributed by atoms with E-state index in [1.165, 1.54) is 13.4 Å². The van der Waals surface area contributed by atoms with Crippen LogP contribution >= 0.6 is 0 Å². The number of esters is 1. The van der Waals surface area contributed by atoms with Gasteiger partial charge in [-0.15, -0.1) is 0 Å². The van der Waals surface area contributed by atoms with Crippen molar-refractivity contribution < 1.29 is 48.6 Å². The van der Waals surface area contributed by atoms with Gasteiger partial charge in [0.2, 0.25) is 13.1 Å². The quantitative estimate of drug-likeness (QED) is 0.0754. The molecule has 14 heteroatoms. The molecule has 39 heavy (non-hydrogen) atoms. The Bertz CT molecular complexity index is 1090. The van der Waals surface area contributed by atoms with Gasteiger partial charge in [0.25, 0.3) is 11.8 Å². The highest BCUT2D eigenvalue weighted by atomic mass is 16.5. The number of hydrogen-bond acceptors (Lipinski definition) is 10. The number of aliphatic hydroxyl groups is 1. The normalized spacial score (nSPS) is 9.28. The second kappa shape index (κ2) is 20.7. The molecule has 4 aromatic heterocycles. The maximum Gasteiger partial charge on any atom is 0.310 e. The van der Waals surface area contributed by atoms with Crippen molar-refractivity contribution in [2.75, 3.05) is 20.8 Å². The number of pyridine rings is 2. The number of aromatic nitrogens is 4. The number of ether oxygens (including phenoxy) is 1. The van der Waals surface area contributed by atoms with Gasteiger partial charge in [-0.05, 0) is 12.1 Å². The molecule has 0 spiro atoms. The first kappa shape index (κ1) is 34.7. The predicted octanol–water partition coefficient (Wildman–Crippen LogP) is -2.31. The van der Waals surface area contributed by atoms with Gasteiger partial charge in [0.15, 0.2) is 30.6 Å². The fourth-order valence-electron chi connectivity index (χ4n) is 3.09. The van der Waals surface area contributed by atoms with E-state index < -0.39 is 0 Å². The molecule has 0 fully saturated rings. The molecule has 14 nitrogen and oxygen atoms in total. The Hall–Kier alpha value is -4.34. The van der Waals surface area contributed by atoms with Crippen LogP contribution in [-0.4, -0.2) is 53.1 Å². The standard InChI is InChI=1S/C12H14N3O2.C12H13N2O3.CH4O.H4N2.H2O/c13-7-11(16)6-10-2-1-4-15(8-10)9-12-14-3-5-17-12;1-16-12(15)7-10-3-2-5-14(8-10)9-11-13-4-6-17-11;2*1-2;/h1-5,8H,6-7,9,13H2;2-6,8H,7,9H2,1H3;2H,1H3;1-2H2;1H2/q2*+1;;;/p+1. The lowest BCUT2D eigenvalue weighted by Gasteiger charge is -1.99. The van der Waals surface area contributed by atoms with Gasteiger partial charge in [-0.25, -0.2) is 9.97 Å². The van der Waals surface area contributed by atoms with Crippen LogP contribution in [0.3, 0.4) is 0 Å². The number of oxazole rings is 2. The van der Waals surface area contributed by atoms with Crippen molar-refractivity contribution >= 4 is 11.8 Å². The molecule has 0 aliphatic rings. The van der Waals surface area contributed by atoms with Crippen molar-refractivity contribution in [1.82, 2.24) is 9.97 Å². The lowest BCUT2D eigenvalue weighted by atomic mass is 10.1. The van der Waals surface area contributed by atoms with Gasteiger partial charge in [0, 0.05) is 36.8 Å². The van der Waals surface area contributed by atoms with E-state index in [1.807, 2.05) is 58.2 Å². The number of carbonyl (C=O) groups is 2. The lowest BCUT2D eigenvalue weighted by Crippen LogP contribution is -2.54. The van der Waals surface area contributed by atoms with Crippen LogP contribution in [-0.2, 0) is 40.3 Å². The van der Waals surface area contributed by atoms with Crippen LogP contribution in [0.2, 0.25) is 0 Å². The number of hydrazine groups is 1. The van der Waals surface area contributed by atoms with E-state index in [4.69, 9.17) is 13.9 Å². The van der Waals surface area contributed by atoms with E-state index >= 15 is 0 Å². The second-order valence-corrected chi connectivity index (χ2v) is 7.34. The van der Waals surface area contributed by atoms with Crippen LogP contribution in [0.5, 0.6) is 0 Å². The molecule has 0 amide bonds. The number of quaternary nitrogens is 1. The molecule has 0 aliphatic heterocycles. The Morgan fingerprint density at radius 3 is 1.77 bits per heavy atom. The average molecular weight is 549 g/mol. The number of hydrogen-bond donors (Lipinski definition) is 4. The van der Waals surface area contributed by atoms with Crippen molar-refractivity contribution in [2.45, 2.75) is 25.9 Å². The summed E-state index contributed by atoms with van der Waals surface area (Å²) in [6, 6.07) is 7.60. The zero-order chi connectivity index (χ0) is 28.2. The summed E-state index contributed by atoms with van der Waals surface area (Å²) in [6.45, 7) is 1.44. The fourth-order valence-corrected chi connectivity index (χ4v) is 3.09. The molecule has 0 atom stereocenters. The summed E-state index contributed by atoms with van der Waals surface area (Å²) < 4.78 is 18.8. The molecular weight excluding hydrogens is 510 g/mol. The molecule has 4 rings (SSSR count). The van der Waals surface area contributed by atoms with Crippen LogP contribution in [0.15, 0.2) is 82.8 Å². The third kappa shape index (κ3) is 13.7. The minimum absolute atomic E-state index is 0. The molecule has 4 aromatic rings. The first-order chi connectivity index (χ1) is 18.6. The molecule has 0 aliphatic carbocycles. The highest BCUT2D eigenvalue weighted by Gasteiger charge is 2.11. The molecule has 0 saturated heterocycles. The fraction of sp³-hybridized carbons (Fsp3) is 0.280. The third-order valence-electron chi connectivity index (χ3n) is 4.70. The van der Waals surface area contributed by atoms with Gasteiger partial charge < -0.3 is 29.9 Å². The number of methoxy groups -OCH3 is 1. The number of Topliss-reactive ketones (excluding diaryl/α,β-unsaturated/α-hetero) is 1. The minimum atomic E-state index is -0.251. The third-order valence-corrected chi connectivity index (χ3v) is 4.70. The molecule has 0 unspecified atom stereocenters. The van der Waals surface area contributed by atoms with Crippen molar-refractivity contribution in [3.63, 3.8) is 0 Å². The second-order valence-electron chi connectivity index (χ2n) is 7.34. The summed E-state index contributed by atoms with van der Waals surface area (Å²) >= 11 is 0. The van der Waals surface area contributed by atoms with Gasteiger partial charge in [-0.2, -0.15) is 9.13 Å². The smallest absolute Gasteiger partial charge is 0.310 e. The SMILES string of the molecule is CO.COC(=O)Cc1ccc[n+](Cc2ncco2)c1.NN.O.[NH3+]CC(=O)Cc1ccc[n+](Cc2ncco2)c1. The zero-order valence-corrected chi connectivity index (χ0v) is 22.1. The Morgan fingerprint density at radius 2 is 1.38 bits per heavy atom. The maximum absolute atomic E-state index is 11.3. The van der Waals surface area contributed by atoms with Gasteiger partial charge >= 0.3 is 5.97 Å². The van der Waals surface area contributed by atoms with Crippen molar-refractivity contribution in [3.8, 4) is 0 Å². The maximum atomic E-state index is 11.3. The van der Waals surface area contributed by atoms with Gasteiger partial charge in [0.1, 0.15) is 19.1 Å². The van der Waals surface area contributed by atoms with Crippen LogP contribution in [0, 0.1) is 0 Å². The number of nitrogens with zero attached hydrogens (tertiary/aromatic N) is 4. The Kier molecular flexibility index (Phi) is 18.4. The van der Waals surface area contributed by atoms with Gasteiger partial charge in [-0.3, -0.25) is 21.3 Å². The summed E-state index contributed by atoms with van der Waals surface area (Å²) in [5.74, 6) is 9.17. The van der Waals surface area contributed by atoms with E-state index in [9.17, 15) is 9.59 Å². The van der Waals surface area contributed by atoms with Gasteiger partial charge in [-0.1, -0.05) is 0 Å². The molecule has 10 N–H and O–H groups in total. The van der Waals surface area contributed by atoms with E-state index in [1.54, 1.807) is 18.7 Å². The van der Waals surface area contributed by atoms with E-state index in [0.29, 0.717) is 37.8 Å². The molecule has 4 heterocycles. The number of rotatable bonds is 9. The predicted molar refractivity (Wildman–Crippen MR) is 137 cm³/mol. The highest BCUT2D eigenvalue weighted by Crippen LogP contribution is 2.00. The highest BCUT2D eigenvalue weighted by molar-refractivity contribution is 5.81. The van der Waals surface area contributed by atoms with Crippen molar-refractivity contribution in [1.29, 1.82) is 0 Å². The zero-order valence-electron chi connectivity index (χ0n) is 22.1. The number of nitrogens with two attached hydrogens (primary N) is 2. The summed E-state index contributed by atoms with van der Waals surface area (Å²) in [7, 11) is 2.38. The molecule has 0 bridgehead atoms. The van der Waals surface area contributed by atoms with Crippen LogP contribution in [0.4, 0.5) is 0 Å². The summed E-state index contributed by atoms with van der Waals surface area (Å²) in [6.07, 6.45) is 14.6. The Morgan fingerprint density at radius 1 is 0.923 bits per heavy atom. The number of carbonyl (C=O) groups excluding carboxylic acids is 2. The van der Waals surface area contributed by atoms with Crippen molar-refractivity contribution in [3.05, 3.63) is 96.9 Å². The van der Waals surface area contributed by atoms with E-state index in [2.05, 4.69) is 32.1 Å². The largest absolute Gasteiger partial charge is 0.469 e. The molecule has 0 saturated carbocycles. The molecule has 0 radical (unpaired) electrons. The van der Waals surface area contributed by atoms with Crippen LogP contribution < -0.4 is 26.6 Å².